The zero-order chi connectivity index (χ0) is 18.2. The van der Waals surface area contributed by atoms with Crippen LogP contribution in [0.15, 0.2) is 47.5 Å². The maximum Gasteiger partial charge on any atom is 0.307 e. The van der Waals surface area contributed by atoms with Crippen LogP contribution in [0.4, 0.5) is 4.39 Å². The van der Waals surface area contributed by atoms with Gasteiger partial charge in [0.15, 0.2) is 0 Å². The van der Waals surface area contributed by atoms with Gasteiger partial charge in [-0.1, -0.05) is 12.1 Å². The number of hydrogen-bond acceptors (Lipinski definition) is 4. The molecule has 1 aromatic carbocycles. The van der Waals surface area contributed by atoms with Crippen LogP contribution in [0.2, 0.25) is 0 Å². The highest BCUT2D eigenvalue weighted by atomic mass is 32.2. The Morgan fingerprint density at radius 1 is 1.12 bits per heavy atom. The second kappa shape index (κ2) is 6.38. The summed E-state index contributed by atoms with van der Waals surface area (Å²) in [5.41, 5.74) is 2.68. The molecule has 6 nitrogen and oxygen atoms in total. The third-order valence-corrected chi connectivity index (χ3v) is 5.08. The molecule has 1 unspecified atom stereocenters. The quantitative estimate of drug-likeness (QED) is 0.867. The lowest BCUT2D eigenvalue weighted by atomic mass is 9.99. The van der Waals surface area contributed by atoms with Gasteiger partial charge in [0.2, 0.25) is 10.0 Å². The van der Waals surface area contributed by atoms with Crippen molar-refractivity contribution < 1.29 is 22.7 Å². The number of aromatic nitrogens is 1. The van der Waals surface area contributed by atoms with Gasteiger partial charge in [-0.3, -0.25) is 9.78 Å². The molecule has 3 rings (SSSR count). The maximum absolute atomic E-state index is 13.2. The van der Waals surface area contributed by atoms with Crippen molar-refractivity contribution in [2.75, 3.05) is 0 Å². The number of pyridine rings is 1. The van der Waals surface area contributed by atoms with Crippen molar-refractivity contribution in [1.82, 2.24) is 4.98 Å². The van der Waals surface area contributed by atoms with Gasteiger partial charge in [0.1, 0.15) is 10.7 Å². The summed E-state index contributed by atoms with van der Waals surface area (Å²) >= 11 is 0. The SMILES string of the molecule is NS(=O)(=O)c1ccc(C2=C(c3ccc(F)cc3)CC(C(=O)O)C2)nc1. The van der Waals surface area contributed by atoms with Crippen LogP contribution < -0.4 is 5.14 Å². The standard InChI is InChI=1S/C17H15FN2O4S/c18-12-3-1-10(2-4-12)14-7-11(17(21)22)8-15(14)16-6-5-13(9-20-16)25(19,23)24/h1-6,9,11H,7-8H2,(H,21,22)(H2,19,23,24). The van der Waals surface area contributed by atoms with E-state index < -0.39 is 21.9 Å². The monoisotopic (exact) mass is 362 g/mol. The molecule has 0 aliphatic heterocycles. The van der Waals surface area contributed by atoms with Crippen LogP contribution in [-0.2, 0) is 14.8 Å². The number of rotatable bonds is 4. The summed E-state index contributed by atoms with van der Waals surface area (Å²) in [6.07, 6.45) is 1.72. The van der Waals surface area contributed by atoms with Crippen molar-refractivity contribution in [1.29, 1.82) is 0 Å². The number of benzene rings is 1. The number of allylic oxidation sites excluding steroid dienone is 2. The van der Waals surface area contributed by atoms with Crippen LogP contribution in [-0.4, -0.2) is 24.5 Å². The molecule has 25 heavy (non-hydrogen) atoms. The number of carboxylic acid groups (broad SMARTS) is 1. The first-order chi connectivity index (χ1) is 11.8. The predicted octanol–water partition coefficient (Wildman–Crippen LogP) is 2.27. The van der Waals surface area contributed by atoms with Gasteiger partial charge in [0, 0.05) is 6.20 Å². The first kappa shape index (κ1) is 17.2. The molecule has 0 amide bonds. The van der Waals surface area contributed by atoms with E-state index in [1.165, 1.54) is 24.3 Å². The second-order valence-corrected chi connectivity index (χ2v) is 7.39. The Bertz CT molecular complexity index is 951. The van der Waals surface area contributed by atoms with E-state index >= 15 is 0 Å². The summed E-state index contributed by atoms with van der Waals surface area (Å²) in [5.74, 6) is -1.90. The van der Waals surface area contributed by atoms with Crippen molar-refractivity contribution >= 4 is 27.1 Å². The minimum absolute atomic E-state index is 0.118. The lowest BCUT2D eigenvalue weighted by Crippen LogP contribution is -2.12. The third-order valence-electron chi connectivity index (χ3n) is 4.18. The Kier molecular flexibility index (Phi) is 4.40. The molecular weight excluding hydrogens is 347 g/mol. The Hall–Kier alpha value is -2.58. The van der Waals surface area contributed by atoms with E-state index in [9.17, 15) is 22.7 Å². The number of nitrogens with two attached hydrogens (primary N) is 1. The zero-order valence-corrected chi connectivity index (χ0v) is 13.8. The zero-order valence-electron chi connectivity index (χ0n) is 13.0. The minimum Gasteiger partial charge on any atom is -0.481 e. The Labute approximate surface area is 143 Å². The summed E-state index contributed by atoms with van der Waals surface area (Å²) < 4.78 is 35.8. The molecule has 1 atom stereocenters. The molecule has 3 N–H and O–H groups in total. The van der Waals surface area contributed by atoms with Gasteiger partial charge in [-0.25, -0.2) is 17.9 Å². The number of halogens is 1. The van der Waals surface area contributed by atoms with Gasteiger partial charge in [0.25, 0.3) is 0 Å². The number of nitrogens with zero attached hydrogens (tertiary/aromatic N) is 1. The van der Waals surface area contributed by atoms with Crippen LogP contribution in [0.3, 0.4) is 0 Å². The topological polar surface area (TPSA) is 110 Å². The molecule has 1 aromatic heterocycles. The van der Waals surface area contributed by atoms with Gasteiger partial charge in [-0.05, 0) is 53.8 Å². The highest BCUT2D eigenvalue weighted by Crippen LogP contribution is 2.42. The van der Waals surface area contributed by atoms with E-state index in [0.717, 1.165) is 17.3 Å². The molecule has 0 saturated carbocycles. The average molecular weight is 362 g/mol. The number of primary sulfonamides is 1. The van der Waals surface area contributed by atoms with Gasteiger partial charge < -0.3 is 5.11 Å². The predicted molar refractivity (Wildman–Crippen MR) is 89.2 cm³/mol. The van der Waals surface area contributed by atoms with Crippen LogP contribution in [0.25, 0.3) is 11.1 Å². The number of hydrogen-bond donors (Lipinski definition) is 2. The van der Waals surface area contributed by atoms with Crippen molar-refractivity contribution in [3.05, 3.63) is 59.7 Å². The first-order valence-corrected chi connectivity index (χ1v) is 9.00. The third kappa shape index (κ3) is 3.59. The fourth-order valence-corrected chi connectivity index (χ4v) is 3.37. The molecule has 2 aromatic rings. The van der Waals surface area contributed by atoms with E-state index in [1.54, 1.807) is 12.1 Å². The summed E-state index contributed by atoms with van der Waals surface area (Å²) in [6, 6.07) is 8.64. The average Bonchev–Trinajstić information content (AvgIpc) is 3.00. The van der Waals surface area contributed by atoms with E-state index in [4.69, 9.17) is 5.14 Å². The Morgan fingerprint density at radius 3 is 2.28 bits per heavy atom. The van der Waals surface area contributed by atoms with E-state index in [1.807, 2.05) is 0 Å². The van der Waals surface area contributed by atoms with Crippen molar-refractivity contribution in [3.63, 3.8) is 0 Å². The fraction of sp³-hybridized carbons (Fsp3) is 0.176. The van der Waals surface area contributed by atoms with Crippen molar-refractivity contribution in [3.8, 4) is 0 Å². The smallest absolute Gasteiger partial charge is 0.307 e. The summed E-state index contributed by atoms with van der Waals surface area (Å²) in [6.45, 7) is 0. The van der Waals surface area contributed by atoms with Gasteiger partial charge in [0.05, 0.1) is 11.6 Å². The molecule has 1 aliphatic carbocycles. The summed E-state index contributed by atoms with van der Waals surface area (Å²) in [4.78, 5) is 15.4. The highest BCUT2D eigenvalue weighted by molar-refractivity contribution is 7.89. The summed E-state index contributed by atoms with van der Waals surface area (Å²) in [5, 5.41) is 14.4. The molecule has 1 aliphatic rings. The molecular formula is C17H15FN2O4S. The first-order valence-electron chi connectivity index (χ1n) is 7.45. The lowest BCUT2D eigenvalue weighted by Gasteiger charge is -2.08. The molecule has 1 heterocycles. The molecule has 8 heteroatoms. The fourth-order valence-electron chi connectivity index (χ4n) is 2.92. The number of sulfonamides is 1. The highest BCUT2D eigenvalue weighted by Gasteiger charge is 2.31. The maximum atomic E-state index is 13.2. The van der Waals surface area contributed by atoms with E-state index in [-0.39, 0.29) is 17.1 Å². The largest absolute Gasteiger partial charge is 0.481 e. The molecule has 0 saturated heterocycles. The number of aliphatic carboxylic acids is 1. The van der Waals surface area contributed by atoms with Gasteiger partial charge >= 0.3 is 5.97 Å². The van der Waals surface area contributed by atoms with Crippen molar-refractivity contribution in [2.45, 2.75) is 17.7 Å². The van der Waals surface area contributed by atoms with Gasteiger partial charge in [-0.15, -0.1) is 0 Å². The van der Waals surface area contributed by atoms with Crippen LogP contribution in [0.1, 0.15) is 24.1 Å². The molecule has 0 bridgehead atoms. The normalized spacial score (nSPS) is 17.8. The van der Waals surface area contributed by atoms with Gasteiger partial charge in [-0.2, -0.15) is 0 Å². The Morgan fingerprint density at radius 2 is 1.76 bits per heavy atom. The lowest BCUT2D eigenvalue weighted by molar-refractivity contribution is -0.141. The van der Waals surface area contributed by atoms with Crippen LogP contribution in [0.5, 0.6) is 0 Å². The Balaban J connectivity index is 2.06. The minimum atomic E-state index is -3.85. The van der Waals surface area contributed by atoms with Crippen molar-refractivity contribution in [2.24, 2.45) is 11.1 Å². The van der Waals surface area contributed by atoms with E-state index in [2.05, 4.69) is 4.98 Å². The molecule has 0 radical (unpaired) electrons. The summed E-state index contributed by atoms with van der Waals surface area (Å²) in [7, 11) is -3.85. The van der Waals surface area contributed by atoms with E-state index in [0.29, 0.717) is 17.7 Å². The number of carbonyl (C=O) groups is 1. The second-order valence-electron chi connectivity index (χ2n) is 5.83. The molecule has 0 spiro atoms. The van der Waals surface area contributed by atoms with Crippen LogP contribution in [0, 0.1) is 11.7 Å². The molecule has 0 fully saturated rings. The van der Waals surface area contributed by atoms with Crippen LogP contribution >= 0.6 is 0 Å². The number of carboxylic acids is 1. The molecule has 130 valence electrons.